The summed E-state index contributed by atoms with van der Waals surface area (Å²) >= 11 is 1.95. The second-order valence-corrected chi connectivity index (χ2v) is 12.1. The molecule has 2 amide bonds. The smallest absolute Gasteiger partial charge is 0.375 e. The van der Waals surface area contributed by atoms with Crippen LogP contribution in [0.1, 0.15) is 33.6 Å². The van der Waals surface area contributed by atoms with E-state index in [1.165, 1.54) is 11.0 Å². The predicted molar refractivity (Wildman–Crippen MR) is 152 cm³/mol. The second-order valence-electron chi connectivity index (χ2n) is 10.0. The third-order valence-corrected chi connectivity index (χ3v) is 9.74. The van der Waals surface area contributed by atoms with E-state index < -0.39 is 64.9 Å². The minimum atomic E-state index is -2.03. The number of thioether (sulfide) groups is 2. The van der Waals surface area contributed by atoms with Crippen molar-refractivity contribution < 1.29 is 53.6 Å². The van der Waals surface area contributed by atoms with E-state index >= 15 is 0 Å². The van der Waals surface area contributed by atoms with Gasteiger partial charge in [0.25, 0.3) is 5.60 Å². The quantitative estimate of drug-likeness (QED) is 0.251. The zero-order chi connectivity index (χ0) is 31.2. The Morgan fingerprint density at radius 1 is 1.14 bits per heavy atom. The van der Waals surface area contributed by atoms with Crippen molar-refractivity contribution in [2.75, 3.05) is 37.0 Å². The summed E-state index contributed by atoms with van der Waals surface area (Å²) in [5, 5.41) is 29.5. The van der Waals surface area contributed by atoms with E-state index in [-0.39, 0.29) is 41.0 Å². The first-order valence-corrected chi connectivity index (χ1v) is 15.5. The van der Waals surface area contributed by atoms with E-state index in [9.17, 15) is 44.1 Å². The molecule has 0 radical (unpaired) electrons. The summed E-state index contributed by atoms with van der Waals surface area (Å²) in [5.74, 6) is -7.56. The summed E-state index contributed by atoms with van der Waals surface area (Å²) in [4.78, 5) is 77.1. The van der Waals surface area contributed by atoms with Gasteiger partial charge in [0.15, 0.2) is 0 Å². The SMILES string of the molecule is CCOC(=O)C1(CSCC(C)C(=O)N2CC=CC=C2C(=O)O)OC(=O)C(O)=C1SCC(C)C(=O)N1CCCC1C(=O)O. The number of hydrogen-bond acceptors (Lipinski definition) is 11. The molecule has 1 fully saturated rings. The van der Waals surface area contributed by atoms with Crippen molar-refractivity contribution in [3.05, 3.63) is 34.6 Å². The van der Waals surface area contributed by atoms with Gasteiger partial charge in [0.05, 0.1) is 11.5 Å². The van der Waals surface area contributed by atoms with Crippen LogP contribution in [0.25, 0.3) is 0 Å². The van der Waals surface area contributed by atoms with Crippen molar-refractivity contribution in [1.29, 1.82) is 0 Å². The highest BCUT2D eigenvalue weighted by atomic mass is 32.2. The lowest BCUT2D eigenvalue weighted by molar-refractivity contribution is -0.169. The van der Waals surface area contributed by atoms with Crippen LogP contribution >= 0.6 is 23.5 Å². The fourth-order valence-electron chi connectivity index (χ4n) is 4.73. The highest BCUT2D eigenvalue weighted by molar-refractivity contribution is 8.03. The number of nitrogens with zero attached hydrogens (tertiary/aromatic N) is 2. The number of rotatable bonds is 13. The molecule has 4 atom stereocenters. The van der Waals surface area contributed by atoms with Gasteiger partial charge in [-0.3, -0.25) is 9.59 Å². The Kier molecular flexibility index (Phi) is 11.1. The van der Waals surface area contributed by atoms with E-state index in [0.29, 0.717) is 19.4 Å². The van der Waals surface area contributed by atoms with Gasteiger partial charge >= 0.3 is 23.9 Å². The minimum absolute atomic E-state index is 0.00515. The van der Waals surface area contributed by atoms with Crippen molar-refractivity contribution in [3.63, 3.8) is 0 Å². The van der Waals surface area contributed by atoms with Crippen LogP contribution in [0.2, 0.25) is 0 Å². The van der Waals surface area contributed by atoms with Gasteiger partial charge in [0, 0.05) is 42.2 Å². The molecule has 1 saturated heterocycles. The number of aliphatic hydroxyl groups is 1. The number of esters is 2. The lowest BCUT2D eigenvalue weighted by Crippen LogP contribution is -2.46. The topological polar surface area (TPSA) is 188 Å². The van der Waals surface area contributed by atoms with Gasteiger partial charge in [-0.15, -0.1) is 11.8 Å². The summed E-state index contributed by atoms with van der Waals surface area (Å²) in [6.45, 7) is 5.09. The Bertz CT molecular complexity index is 1230. The highest BCUT2D eigenvalue weighted by Crippen LogP contribution is 2.43. The number of amides is 2. The number of aliphatic carboxylic acids is 2. The fourth-order valence-corrected chi connectivity index (χ4v) is 7.26. The maximum absolute atomic E-state index is 13.2. The minimum Gasteiger partial charge on any atom is -0.501 e. The van der Waals surface area contributed by atoms with Crippen molar-refractivity contribution in [1.82, 2.24) is 9.80 Å². The Balaban J connectivity index is 1.73. The average molecular weight is 627 g/mol. The molecule has 3 aliphatic rings. The zero-order valence-electron chi connectivity index (χ0n) is 23.4. The Morgan fingerprint density at radius 3 is 2.48 bits per heavy atom. The van der Waals surface area contributed by atoms with E-state index in [1.54, 1.807) is 32.9 Å². The van der Waals surface area contributed by atoms with Crippen LogP contribution < -0.4 is 0 Å². The van der Waals surface area contributed by atoms with Gasteiger partial charge in [-0.2, -0.15) is 11.8 Å². The van der Waals surface area contributed by atoms with E-state index in [4.69, 9.17) is 9.47 Å². The Hall–Kier alpha value is -3.46. The monoisotopic (exact) mass is 626 g/mol. The number of likely N-dealkylation sites (tertiary alicyclic amines) is 1. The molecule has 0 aromatic rings. The fraction of sp³-hybridized carbons (Fsp3) is 0.556. The molecule has 4 unspecified atom stereocenters. The number of allylic oxidation sites excluding steroid dienone is 2. The van der Waals surface area contributed by atoms with Gasteiger partial charge in [-0.1, -0.05) is 26.0 Å². The lowest BCUT2D eigenvalue weighted by atomic mass is 10.1. The number of cyclic esters (lactones) is 1. The summed E-state index contributed by atoms with van der Waals surface area (Å²) in [5.41, 5.74) is -2.19. The first kappa shape index (κ1) is 33.0. The number of carbonyl (C=O) groups excluding carboxylic acids is 4. The molecule has 15 heteroatoms. The molecule has 0 aliphatic carbocycles. The standard InChI is InChI=1S/C27H34N2O11S2/c1-4-39-26(38)27(14-41-12-15(2)21(31)28-10-6-5-8-17(28)23(33)34)20(19(30)25(37)40-27)42-13-16(3)22(32)29-11-7-9-18(29)24(35)36/h5-6,8,15-16,18,30H,4,7,9-14H2,1-3H3,(H,33,34)(H,35,36). The van der Waals surface area contributed by atoms with E-state index in [1.807, 2.05) is 0 Å². The Morgan fingerprint density at radius 2 is 1.83 bits per heavy atom. The van der Waals surface area contributed by atoms with Gasteiger partial charge in [0.1, 0.15) is 11.7 Å². The van der Waals surface area contributed by atoms with Crippen LogP contribution in [0.5, 0.6) is 0 Å². The average Bonchev–Trinajstić information content (AvgIpc) is 3.54. The predicted octanol–water partition coefficient (Wildman–Crippen LogP) is 1.80. The summed E-state index contributed by atoms with van der Waals surface area (Å²) in [7, 11) is 0. The lowest BCUT2D eigenvalue weighted by Gasteiger charge is -2.30. The largest absolute Gasteiger partial charge is 0.501 e. The number of carbonyl (C=O) groups is 6. The zero-order valence-corrected chi connectivity index (χ0v) is 25.1. The molecule has 3 rings (SSSR count). The second kappa shape index (κ2) is 14.1. The molecular formula is C27H34N2O11S2. The maximum atomic E-state index is 13.2. The van der Waals surface area contributed by atoms with Crippen LogP contribution in [0, 0.1) is 11.8 Å². The van der Waals surface area contributed by atoms with Crippen LogP contribution in [-0.4, -0.2) is 109 Å². The number of carboxylic acids is 2. The summed E-state index contributed by atoms with van der Waals surface area (Å²) < 4.78 is 10.6. The number of carboxylic acid groups (broad SMARTS) is 2. The first-order chi connectivity index (χ1) is 19.8. The molecule has 0 aromatic heterocycles. The van der Waals surface area contributed by atoms with Gasteiger partial charge in [-0.05, 0) is 25.8 Å². The van der Waals surface area contributed by atoms with Gasteiger partial charge in [-0.25, -0.2) is 19.2 Å². The van der Waals surface area contributed by atoms with Crippen molar-refractivity contribution >= 4 is 59.2 Å². The highest BCUT2D eigenvalue weighted by Gasteiger charge is 2.56. The maximum Gasteiger partial charge on any atom is 0.375 e. The van der Waals surface area contributed by atoms with Crippen molar-refractivity contribution in [2.24, 2.45) is 11.8 Å². The number of ether oxygens (including phenoxy) is 2. The molecule has 3 aliphatic heterocycles. The third-order valence-electron chi connectivity index (χ3n) is 6.92. The molecule has 230 valence electrons. The molecular weight excluding hydrogens is 592 g/mol. The molecule has 13 nitrogen and oxygen atoms in total. The normalized spacial score (nSPS) is 23.4. The Labute approximate surface area is 250 Å². The van der Waals surface area contributed by atoms with E-state index in [0.717, 1.165) is 28.4 Å². The van der Waals surface area contributed by atoms with Gasteiger partial charge < -0.3 is 34.6 Å². The first-order valence-electron chi connectivity index (χ1n) is 13.3. The molecule has 0 aromatic carbocycles. The van der Waals surface area contributed by atoms with Crippen LogP contribution in [-0.2, 0) is 38.2 Å². The molecule has 3 heterocycles. The van der Waals surface area contributed by atoms with Crippen molar-refractivity contribution in [3.8, 4) is 0 Å². The molecule has 0 saturated carbocycles. The molecule has 3 N–H and O–H groups in total. The number of hydrogen-bond donors (Lipinski definition) is 3. The van der Waals surface area contributed by atoms with Crippen molar-refractivity contribution in [2.45, 2.75) is 45.3 Å². The molecule has 0 bridgehead atoms. The van der Waals surface area contributed by atoms with Crippen LogP contribution in [0.3, 0.4) is 0 Å². The van der Waals surface area contributed by atoms with Crippen LogP contribution in [0.4, 0.5) is 0 Å². The van der Waals surface area contributed by atoms with E-state index in [2.05, 4.69) is 0 Å². The van der Waals surface area contributed by atoms with Crippen LogP contribution in [0.15, 0.2) is 34.6 Å². The number of aliphatic hydroxyl groups excluding tert-OH is 1. The molecule has 42 heavy (non-hydrogen) atoms. The summed E-state index contributed by atoms with van der Waals surface area (Å²) in [6.07, 6.45) is 5.43. The third kappa shape index (κ3) is 6.94. The van der Waals surface area contributed by atoms with Gasteiger partial charge in [0.2, 0.25) is 17.6 Å². The summed E-state index contributed by atoms with van der Waals surface area (Å²) in [6, 6.07) is -0.920. The molecule has 0 spiro atoms.